The number of aryl methyl sites for hydroxylation is 1. The Morgan fingerprint density at radius 3 is 2.70 bits per heavy atom. The molecule has 2 aromatic rings. The fourth-order valence-electron chi connectivity index (χ4n) is 2.03. The Labute approximate surface area is 132 Å². The average molecular weight is 320 g/mol. The number of carbonyl (C=O) groups excluding carboxylic acids is 2. The summed E-state index contributed by atoms with van der Waals surface area (Å²) in [7, 11) is 1.27. The molecule has 23 heavy (non-hydrogen) atoms. The molecule has 1 atom stereocenters. The van der Waals surface area contributed by atoms with Gasteiger partial charge in [0.05, 0.1) is 26.1 Å². The van der Waals surface area contributed by atoms with Gasteiger partial charge in [0, 0.05) is 6.42 Å². The number of esters is 1. The fraction of sp³-hybridized carbons (Fsp3) is 0.333. The van der Waals surface area contributed by atoms with Crippen molar-refractivity contribution in [1.29, 1.82) is 0 Å². The predicted octanol–water partition coefficient (Wildman–Crippen LogP) is 1.23. The Hall–Kier alpha value is -2.77. The first kappa shape index (κ1) is 16.6. The molecule has 1 heterocycles. The normalized spacial score (nSPS) is 11.7. The number of aromatic nitrogens is 3. The SMILES string of the molecule is COC(=O)C[C@@H](NC(=O)CCn1cncn1)c1ccc(F)cc1. The van der Waals surface area contributed by atoms with Gasteiger partial charge in [-0.3, -0.25) is 14.3 Å². The van der Waals surface area contributed by atoms with E-state index in [-0.39, 0.29) is 24.6 Å². The summed E-state index contributed by atoms with van der Waals surface area (Å²) in [6, 6.07) is 5.04. The Kier molecular flexibility index (Phi) is 5.79. The lowest BCUT2D eigenvalue weighted by atomic mass is 10.0. The highest BCUT2D eigenvalue weighted by molar-refractivity contribution is 5.78. The van der Waals surface area contributed by atoms with Gasteiger partial charge in [-0.25, -0.2) is 9.37 Å². The van der Waals surface area contributed by atoms with Crippen molar-refractivity contribution in [3.63, 3.8) is 0 Å². The van der Waals surface area contributed by atoms with Crippen LogP contribution in [0.4, 0.5) is 4.39 Å². The number of carbonyl (C=O) groups is 2. The van der Waals surface area contributed by atoms with Crippen molar-refractivity contribution >= 4 is 11.9 Å². The zero-order valence-corrected chi connectivity index (χ0v) is 12.6. The second kappa shape index (κ2) is 8.02. The van der Waals surface area contributed by atoms with Crippen LogP contribution in [0, 0.1) is 5.82 Å². The highest BCUT2D eigenvalue weighted by Crippen LogP contribution is 2.18. The largest absolute Gasteiger partial charge is 0.469 e. The van der Waals surface area contributed by atoms with Crippen molar-refractivity contribution in [1.82, 2.24) is 20.1 Å². The number of rotatable bonds is 7. The third-order valence-electron chi connectivity index (χ3n) is 3.24. The van der Waals surface area contributed by atoms with Crippen LogP contribution in [0.25, 0.3) is 0 Å². The van der Waals surface area contributed by atoms with Gasteiger partial charge in [0.1, 0.15) is 18.5 Å². The van der Waals surface area contributed by atoms with E-state index in [2.05, 4.69) is 20.1 Å². The maximum Gasteiger partial charge on any atom is 0.307 e. The maximum absolute atomic E-state index is 13.0. The molecule has 7 nitrogen and oxygen atoms in total. The van der Waals surface area contributed by atoms with Gasteiger partial charge in [-0.1, -0.05) is 12.1 Å². The molecule has 0 bridgehead atoms. The van der Waals surface area contributed by atoms with E-state index in [0.29, 0.717) is 12.1 Å². The molecule has 0 aliphatic carbocycles. The summed E-state index contributed by atoms with van der Waals surface area (Å²) in [5.74, 6) is -1.10. The molecule has 1 amide bonds. The van der Waals surface area contributed by atoms with E-state index in [9.17, 15) is 14.0 Å². The van der Waals surface area contributed by atoms with Crippen LogP contribution in [-0.4, -0.2) is 33.8 Å². The monoisotopic (exact) mass is 320 g/mol. The van der Waals surface area contributed by atoms with Crippen LogP contribution < -0.4 is 5.32 Å². The first-order valence-electron chi connectivity index (χ1n) is 7.02. The van der Waals surface area contributed by atoms with Crippen LogP contribution in [0.5, 0.6) is 0 Å². The summed E-state index contributed by atoms with van der Waals surface area (Å²) in [4.78, 5) is 27.4. The van der Waals surface area contributed by atoms with E-state index in [1.54, 1.807) is 0 Å². The first-order chi connectivity index (χ1) is 11.1. The van der Waals surface area contributed by atoms with Gasteiger partial charge in [0.25, 0.3) is 0 Å². The molecule has 1 N–H and O–H groups in total. The van der Waals surface area contributed by atoms with Gasteiger partial charge in [-0.15, -0.1) is 0 Å². The smallest absolute Gasteiger partial charge is 0.307 e. The number of ether oxygens (including phenoxy) is 1. The molecule has 0 aliphatic heterocycles. The van der Waals surface area contributed by atoms with E-state index >= 15 is 0 Å². The van der Waals surface area contributed by atoms with Crippen molar-refractivity contribution in [3.8, 4) is 0 Å². The van der Waals surface area contributed by atoms with Crippen molar-refractivity contribution < 1.29 is 18.7 Å². The Balaban J connectivity index is 1.99. The van der Waals surface area contributed by atoms with E-state index in [0.717, 1.165) is 0 Å². The fourth-order valence-corrected chi connectivity index (χ4v) is 2.03. The van der Waals surface area contributed by atoms with E-state index in [1.807, 2.05) is 0 Å². The number of hydrogen-bond donors (Lipinski definition) is 1. The lowest BCUT2D eigenvalue weighted by Crippen LogP contribution is -2.31. The molecule has 1 aromatic carbocycles. The average Bonchev–Trinajstić information content (AvgIpc) is 3.06. The molecule has 0 aliphatic rings. The van der Waals surface area contributed by atoms with Crippen LogP contribution in [0.3, 0.4) is 0 Å². The minimum absolute atomic E-state index is 0.0306. The molecule has 122 valence electrons. The number of amides is 1. The van der Waals surface area contributed by atoms with Crippen LogP contribution >= 0.6 is 0 Å². The zero-order valence-electron chi connectivity index (χ0n) is 12.6. The van der Waals surface area contributed by atoms with E-state index in [1.165, 1.54) is 48.7 Å². The van der Waals surface area contributed by atoms with E-state index in [4.69, 9.17) is 0 Å². The molecule has 0 saturated carbocycles. The number of halogens is 1. The number of nitrogens with one attached hydrogen (secondary N) is 1. The molecule has 0 spiro atoms. The van der Waals surface area contributed by atoms with Gasteiger partial charge in [-0.05, 0) is 17.7 Å². The van der Waals surface area contributed by atoms with E-state index < -0.39 is 12.0 Å². The third-order valence-corrected chi connectivity index (χ3v) is 3.24. The highest BCUT2D eigenvalue weighted by atomic mass is 19.1. The molecule has 0 unspecified atom stereocenters. The summed E-state index contributed by atoms with van der Waals surface area (Å²) >= 11 is 0. The second-order valence-corrected chi connectivity index (χ2v) is 4.86. The summed E-state index contributed by atoms with van der Waals surface area (Å²) in [5.41, 5.74) is 0.630. The summed E-state index contributed by atoms with van der Waals surface area (Å²) in [6.45, 7) is 0.375. The standard InChI is InChI=1S/C15H17FN4O3/c1-23-15(22)8-13(11-2-4-12(16)5-3-11)19-14(21)6-7-20-10-17-9-18-20/h2-5,9-10,13H,6-8H2,1H3,(H,19,21)/t13-/m1/s1. The van der Waals surface area contributed by atoms with Crippen LogP contribution in [0.1, 0.15) is 24.4 Å². The first-order valence-corrected chi connectivity index (χ1v) is 7.02. The third kappa shape index (κ3) is 5.17. The Morgan fingerprint density at radius 1 is 1.35 bits per heavy atom. The van der Waals surface area contributed by atoms with Crippen LogP contribution in [-0.2, 0) is 20.9 Å². The highest BCUT2D eigenvalue weighted by Gasteiger charge is 2.19. The number of benzene rings is 1. The molecule has 1 aromatic heterocycles. The lowest BCUT2D eigenvalue weighted by molar-refractivity contribution is -0.141. The number of hydrogen-bond acceptors (Lipinski definition) is 5. The summed E-state index contributed by atoms with van der Waals surface area (Å²) in [5, 5.41) is 6.66. The molecular weight excluding hydrogens is 303 g/mol. The van der Waals surface area contributed by atoms with Crippen molar-refractivity contribution in [2.75, 3.05) is 7.11 Å². The number of nitrogens with zero attached hydrogens (tertiary/aromatic N) is 3. The topological polar surface area (TPSA) is 86.1 Å². The predicted molar refractivity (Wildman–Crippen MR) is 78.6 cm³/mol. The second-order valence-electron chi connectivity index (χ2n) is 4.86. The minimum atomic E-state index is -0.578. The Morgan fingerprint density at radius 2 is 2.09 bits per heavy atom. The van der Waals surface area contributed by atoms with Crippen molar-refractivity contribution in [3.05, 3.63) is 48.3 Å². The molecule has 0 radical (unpaired) electrons. The van der Waals surface area contributed by atoms with Crippen LogP contribution in [0.2, 0.25) is 0 Å². The number of methoxy groups -OCH3 is 1. The molecule has 0 saturated heterocycles. The van der Waals surface area contributed by atoms with Crippen molar-refractivity contribution in [2.45, 2.75) is 25.4 Å². The van der Waals surface area contributed by atoms with Crippen molar-refractivity contribution in [2.24, 2.45) is 0 Å². The lowest BCUT2D eigenvalue weighted by Gasteiger charge is -2.18. The molecule has 8 heteroatoms. The molecule has 2 rings (SSSR count). The quantitative estimate of drug-likeness (QED) is 0.775. The zero-order chi connectivity index (χ0) is 16.7. The maximum atomic E-state index is 13.0. The Bertz CT molecular complexity index is 643. The van der Waals surface area contributed by atoms with Gasteiger partial charge in [0.15, 0.2) is 0 Å². The van der Waals surface area contributed by atoms with Gasteiger partial charge >= 0.3 is 5.97 Å². The van der Waals surface area contributed by atoms with Gasteiger partial charge < -0.3 is 10.1 Å². The summed E-state index contributed by atoms with van der Waals surface area (Å²) in [6.07, 6.45) is 3.05. The molecule has 0 fully saturated rings. The van der Waals surface area contributed by atoms with Gasteiger partial charge in [-0.2, -0.15) is 5.10 Å². The van der Waals surface area contributed by atoms with Gasteiger partial charge in [0.2, 0.25) is 5.91 Å². The molecular formula is C15H17FN4O3. The summed E-state index contributed by atoms with van der Waals surface area (Å²) < 4.78 is 19.2. The minimum Gasteiger partial charge on any atom is -0.469 e. The van der Waals surface area contributed by atoms with Crippen LogP contribution in [0.15, 0.2) is 36.9 Å².